The average molecular weight is 434 g/mol. The Balaban J connectivity index is 1.66. The van der Waals surface area contributed by atoms with Gasteiger partial charge in [0.15, 0.2) is 0 Å². The predicted octanol–water partition coefficient (Wildman–Crippen LogP) is 2.31. The summed E-state index contributed by atoms with van der Waals surface area (Å²) in [5.74, 6) is -1.70. The number of anilines is 1. The van der Waals surface area contributed by atoms with E-state index in [1.807, 2.05) is 0 Å². The average Bonchev–Trinajstić information content (AvgIpc) is 3.10. The molecule has 3 rings (SSSR count). The van der Waals surface area contributed by atoms with E-state index in [2.05, 4.69) is 5.32 Å². The molecule has 2 atom stereocenters. The van der Waals surface area contributed by atoms with Crippen molar-refractivity contribution in [3.8, 4) is 0 Å². The number of sulfonamides is 1. The van der Waals surface area contributed by atoms with Crippen LogP contribution in [0.2, 0.25) is 0 Å². The first kappa shape index (κ1) is 21.9. The number of benzene rings is 2. The van der Waals surface area contributed by atoms with Crippen LogP contribution >= 0.6 is 0 Å². The van der Waals surface area contributed by atoms with E-state index in [1.54, 1.807) is 31.2 Å². The van der Waals surface area contributed by atoms with Gasteiger partial charge in [-0.3, -0.25) is 9.59 Å². The van der Waals surface area contributed by atoms with Gasteiger partial charge in [-0.1, -0.05) is 24.3 Å². The predicted molar refractivity (Wildman–Crippen MR) is 111 cm³/mol. The molecule has 2 unspecified atom stereocenters. The molecule has 0 saturated carbocycles. The molecular formula is C21H24FN3O4S. The molecule has 0 aliphatic carbocycles. The smallest absolute Gasteiger partial charge is 0.242 e. The van der Waals surface area contributed by atoms with Gasteiger partial charge in [-0.25, -0.2) is 17.1 Å². The van der Waals surface area contributed by atoms with Gasteiger partial charge in [-0.05, 0) is 36.8 Å². The molecule has 2 aromatic rings. The highest BCUT2D eigenvalue weighted by Gasteiger charge is 2.36. The second-order valence-electron chi connectivity index (χ2n) is 7.44. The quantitative estimate of drug-likeness (QED) is 0.757. The van der Waals surface area contributed by atoms with Crippen LogP contribution in [-0.2, 0) is 19.6 Å². The number of hydrogen-bond donors (Lipinski definition) is 1. The summed E-state index contributed by atoms with van der Waals surface area (Å²) in [4.78, 5) is 26.4. The molecule has 9 heteroatoms. The molecule has 1 saturated heterocycles. The van der Waals surface area contributed by atoms with Crippen LogP contribution in [0.5, 0.6) is 0 Å². The summed E-state index contributed by atoms with van der Waals surface area (Å²) < 4.78 is 39.5. The molecule has 2 aromatic carbocycles. The SMILES string of the molecule is CC(NC(=O)C1CC(=O)N(c2ccccc2F)C1)c1ccc(S(=O)(=O)N(C)C)cc1. The fourth-order valence-corrected chi connectivity index (χ4v) is 4.24. The van der Waals surface area contributed by atoms with Crippen molar-refractivity contribution in [2.24, 2.45) is 5.92 Å². The van der Waals surface area contributed by atoms with Crippen molar-refractivity contribution in [2.75, 3.05) is 25.5 Å². The number of amides is 2. The molecule has 2 amide bonds. The number of hydrogen-bond acceptors (Lipinski definition) is 4. The number of para-hydroxylation sites is 1. The first-order valence-electron chi connectivity index (χ1n) is 9.49. The molecule has 1 N–H and O–H groups in total. The van der Waals surface area contributed by atoms with Crippen molar-refractivity contribution < 1.29 is 22.4 Å². The van der Waals surface area contributed by atoms with Crippen molar-refractivity contribution in [2.45, 2.75) is 24.3 Å². The van der Waals surface area contributed by atoms with E-state index in [0.717, 1.165) is 9.87 Å². The Bertz CT molecular complexity index is 1050. The Kier molecular flexibility index (Phi) is 6.23. The van der Waals surface area contributed by atoms with Crippen molar-refractivity contribution in [1.82, 2.24) is 9.62 Å². The Morgan fingerprint density at radius 3 is 2.40 bits per heavy atom. The molecule has 0 radical (unpaired) electrons. The number of carbonyl (C=O) groups is 2. The molecule has 1 aliphatic heterocycles. The first-order valence-corrected chi connectivity index (χ1v) is 10.9. The normalized spacial score (nSPS) is 18.0. The molecule has 7 nitrogen and oxygen atoms in total. The van der Waals surface area contributed by atoms with Gasteiger partial charge in [0.25, 0.3) is 0 Å². The van der Waals surface area contributed by atoms with E-state index in [0.29, 0.717) is 0 Å². The topological polar surface area (TPSA) is 86.8 Å². The van der Waals surface area contributed by atoms with Crippen LogP contribution in [0.25, 0.3) is 0 Å². The van der Waals surface area contributed by atoms with E-state index in [4.69, 9.17) is 0 Å². The molecule has 0 bridgehead atoms. The Hall–Kier alpha value is -2.78. The van der Waals surface area contributed by atoms with Crippen LogP contribution in [0.15, 0.2) is 53.4 Å². The van der Waals surface area contributed by atoms with E-state index in [9.17, 15) is 22.4 Å². The lowest BCUT2D eigenvalue weighted by Crippen LogP contribution is -2.34. The van der Waals surface area contributed by atoms with Gasteiger partial charge in [0, 0.05) is 27.1 Å². The van der Waals surface area contributed by atoms with Crippen molar-refractivity contribution >= 4 is 27.5 Å². The summed E-state index contributed by atoms with van der Waals surface area (Å²) in [6.07, 6.45) is 0.00685. The zero-order chi connectivity index (χ0) is 22.1. The number of halogens is 1. The summed E-state index contributed by atoms with van der Waals surface area (Å²) in [6.45, 7) is 1.89. The van der Waals surface area contributed by atoms with Crippen LogP contribution in [0, 0.1) is 11.7 Å². The number of carbonyl (C=O) groups excluding carboxylic acids is 2. The highest BCUT2D eigenvalue weighted by molar-refractivity contribution is 7.89. The summed E-state index contributed by atoms with van der Waals surface area (Å²) in [5.41, 5.74) is 0.903. The van der Waals surface area contributed by atoms with Crippen molar-refractivity contribution in [3.63, 3.8) is 0 Å². The van der Waals surface area contributed by atoms with E-state index < -0.39 is 21.8 Å². The van der Waals surface area contributed by atoms with Gasteiger partial charge in [0.1, 0.15) is 5.82 Å². The van der Waals surface area contributed by atoms with Crippen LogP contribution < -0.4 is 10.2 Å². The van der Waals surface area contributed by atoms with Gasteiger partial charge < -0.3 is 10.2 Å². The standard InChI is InChI=1S/C21H24FN3O4S/c1-14(15-8-10-17(11-9-15)30(28,29)24(2)3)23-21(27)16-12-20(26)25(13-16)19-7-5-4-6-18(19)22/h4-11,14,16H,12-13H2,1-3H3,(H,23,27). The van der Waals surface area contributed by atoms with Gasteiger partial charge in [0.05, 0.1) is 22.5 Å². The molecule has 1 fully saturated rings. The Morgan fingerprint density at radius 1 is 1.17 bits per heavy atom. The molecule has 160 valence electrons. The fraction of sp³-hybridized carbons (Fsp3) is 0.333. The monoisotopic (exact) mass is 433 g/mol. The highest BCUT2D eigenvalue weighted by atomic mass is 32.2. The molecule has 1 heterocycles. The summed E-state index contributed by atoms with van der Waals surface area (Å²) in [5, 5.41) is 2.85. The Morgan fingerprint density at radius 2 is 1.80 bits per heavy atom. The number of nitrogens with one attached hydrogen (secondary N) is 1. The third-order valence-corrected chi connectivity index (χ3v) is 6.99. The summed E-state index contributed by atoms with van der Waals surface area (Å²) in [6, 6.07) is 11.9. The van der Waals surface area contributed by atoms with Crippen LogP contribution in [0.1, 0.15) is 24.9 Å². The summed E-state index contributed by atoms with van der Waals surface area (Å²) >= 11 is 0. The minimum atomic E-state index is -3.53. The van der Waals surface area contributed by atoms with Crippen LogP contribution in [-0.4, -0.2) is 45.2 Å². The summed E-state index contributed by atoms with van der Waals surface area (Å²) in [7, 11) is -0.609. The lowest BCUT2D eigenvalue weighted by atomic mass is 10.1. The van der Waals surface area contributed by atoms with Crippen molar-refractivity contribution in [1.29, 1.82) is 0 Å². The number of nitrogens with zero attached hydrogens (tertiary/aromatic N) is 2. The lowest BCUT2D eigenvalue weighted by Gasteiger charge is -2.19. The lowest BCUT2D eigenvalue weighted by molar-refractivity contribution is -0.126. The van der Waals surface area contributed by atoms with Gasteiger partial charge in [-0.2, -0.15) is 0 Å². The minimum absolute atomic E-state index is 0.00685. The molecule has 1 aliphatic rings. The van der Waals surface area contributed by atoms with E-state index in [1.165, 1.54) is 43.3 Å². The second-order valence-corrected chi connectivity index (χ2v) is 9.60. The van der Waals surface area contributed by atoms with Gasteiger partial charge in [-0.15, -0.1) is 0 Å². The fourth-order valence-electron chi connectivity index (χ4n) is 3.34. The zero-order valence-electron chi connectivity index (χ0n) is 17.0. The number of rotatable bonds is 6. The van der Waals surface area contributed by atoms with Crippen molar-refractivity contribution in [3.05, 3.63) is 59.9 Å². The van der Waals surface area contributed by atoms with E-state index >= 15 is 0 Å². The third-order valence-electron chi connectivity index (χ3n) is 5.16. The van der Waals surface area contributed by atoms with Crippen LogP contribution in [0.3, 0.4) is 0 Å². The maximum absolute atomic E-state index is 14.0. The molecular weight excluding hydrogens is 409 g/mol. The largest absolute Gasteiger partial charge is 0.349 e. The highest BCUT2D eigenvalue weighted by Crippen LogP contribution is 2.28. The maximum atomic E-state index is 14.0. The molecule has 0 spiro atoms. The van der Waals surface area contributed by atoms with Gasteiger partial charge >= 0.3 is 0 Å². The first-order chi connectivity index (χ1) is 14.1. The molecule has 30 heavy (non-hydrogen) atoms. The van der Waals surface area contributed by atoms with Crippen LogP contribution in [0.4, 0.5) is 10.1 Å². The maximum Gasteiger partial charge on any atom is 0.242 e. The third kappa shape index (κ3) is 4.36. The zero-order valence-corrected chi connectivity index (χ0v) is 17.8. The minimum Gasteiger partial charge on any atom is -0.349 e. The second kappa shape index (κ2) is 8.53. The molecule has 0 aromatic heterocycles. The van der Waals surface area contributed by atoms with E-state index in [-0.39, 0.29) is 41.4 Å². The Labute approximate surface area is 175 Å². The van der Waals surface area contributed by atoms with Gasteiger partial charge in [0.2, 0.25) is 21.8 Å².